The molecule has 186 valence electrons. The van der Waals surface area contributed by atoms with Gasteiger partial charge in [0, 0.05) is 28.8 Å². The minimum Gasteiger partial charge on any atom is -0.491 e. The number of amides is 2. The normalized spacial score (nSPS) is 10.8. The van der Waals surface area contributed by atoms with Crippen molar-refractivity contribution in [1.82, 2.24) is 15.2 Å². The summed E-state index contributed by atoms with van der Waals surface area (Å²) in [6.07, 6.45) is 5.38. The Labute approximate surface area is 218 Å². The van der Waals surface area contributed by atoms with Crippen LogP contribution < -0.4 is 21.1 Å². The van der Waals surface area contributed by atoms with Gasteiger partial charge in [-0.2, -0.15) is 5.10 Å². The Kier molecular flexibility index (Phi) is 7.19. The number of pyridine rings is 1. The molecule has 0 atom stereocenters. The maximum atomic E-state index is 12.3. The summed E-state index contributed by atoms with van der Waals surface area (Å²) in [6, 6.07) is 22.0. The summed E-state index contributed by atoms with van der Waals surface area (Å²) in [5, 5.41) is 14.1. The Morgan fingerprint density at radius 1 is 1.00 bits per heavy atom. The second kappa shape index (κ2) is 11.0. The summed E-state index contributed by atoms with van der Waals surface area (Å²) in [7, 11) is 0. The number of ether oxygens (including phenoxy) is 1. The molecule has 0 bridgehead atoms. The molecule has 5 aromatic rings. The summed E-state index contributed by atoms with van der Waals surface area (Å²) in [5.74, 6) is 1.10. The smallest absolute Gasteiger partial charge is 0.323 e. The van der Waals surface area contributed by atoms with Gasteiger partial charge in [-0.05, 0) is 78.1 Å². The van der Waals surface area contributed by atoms with E-state index in [0.717, 1.165) is 34.9 Å². The Bertz CT molecular complexity index is 1520. The number of aromatic nitrogens is 3. The van der Waals surface area contributed by atoms with Gasteiger partial charge in [-0.25, -0.2) is 4.79 Å². The van der Waals surface area contributed by atoms with E-state index in [9.17, 15) is 4.79 Å². The first-order valence-corrected chi connectivity index (χ1v) is 12.2. The molecule has 2 heterocycles. The molecule has 0 radical (unpaired) electrons. The molecule has 3 aromatic carbocycles. The highest BCUT2D eigenvalue weighted by atomic mass is 35.5. The topological polar surface area (TPSA) is 118 Å². The summed E-state index contributed by atoms with van der Waals surface area (Å²) in [6.45, 7) is 0.555. The number of aryl methyl sites for hydroxylation is 1. The molecular weight excluding hydrogens is 488 g/mol. The van der Waals surface area contributed by atoms with Gasteiger partial charge >= 0.3 is 6.03 Å². The second-order valence-corrected chi connectivity index (χ2v) is 8.89. The van der Waals surface area contributed by atoms with Crippen LogP contribution in [0.3, 0.4) is 0 Å². The van der Waals surface area contributed by atoms with E-state index in [0.29, 0.717) is 34.6 Å². The van der Waals surface area contributed by atoms with E-state index in [4.69, 9.17) is 22.1 Å². The van der Waals surface area contributed by atoms with Crippen LogP contribution in [0.4, 0.5) is 22.0 Å². The highest BCUT2D eigenvalue weighted by Crippen LogP contribution is 2.37. The van der Waals surface area contributed by atoms with Crippen LogP contribution in [0.5, 0.6) is 5.75 Å². The second-order valence-electron chi connectivity index (χ2n) is 8.45. The summed E-state index contributed by atoms with van der Waals surface area (Å²) < 4.78 is 6.05. The van der Waals surface area contributed by atoms with Gasteiger partial charge in [0.15, 0.2) is 5.82 Å². The van der Waals surface area contributed by atoms with Gasteiger partial charge in [-0.1, -0.05) is 35.9 Å². The average molecular weight is 513 g/mol. The highest BCUT2D eigenvalue weighted by Gasteiger charge is 2.15. The quantitative estimate of drug-likeness (QED) is 0.177. The number of H-pyrrole nitrogens is 1. The molecule has 0 fully saturated rings. The molecule has 0 aliphatic rings. The van der Waals surface area contributed by atoms with Crippen molar-refractivity contribution in [2.75, 3.05) is 23.0 Å². The molecule has 0 aliphatic heterocycles. The Balaban J connectivity index is 1.26. The number of carbonyl (C=O) groups is 1. The molecule has 5 N–H and O–H groups in total. The third kappa shape index (κ3) is 5.82. The molecule has 5 rings (SSSR count). The van der Waals surface area contributed by atoms with E-state index >= 15 is 0 Å². The molecule has 2 aromatic heterocycles. The monoisotopic (exact) mass is 512 g/mol. The fraction of sp³-hybridized carbons (Fsp3) is 0.107. The maximum absolute atomic E-state index is 12.3. The lowest BCUT2D eigenvalue weighted by atomic mass is 10.0. The molecule has 8 nitrogen and oxygen atoms in total. The first kappa shape index (κ1) is 24.1. The van der Waals surface area contributed by atoms with Crippen molar-refractivity contribution < 1.29 is 9.53 Å². The lowest BCUT2D eigenvalue weighted by Gasteiger charge is -2.11. The predicted molar refractivity (Wildman–Crippen MR) is 148 cm³/mol. The third-order valence-electron chi connectivity index (χ3n) is 5.84. The molecule has 9 heteroatoms. The first-order valence-electron chi connectivity index (χ1n) is 11.8. The molecule has 0 saturated carbocycles. The van der Waals surface area contributed by atoms with Gasteiger partial charge < -0.3 is 21.1 Å². The van der Waals surface area contributed by atoms with Crippen LogP contribution in [0.15, 0.2) is 85.2 Å². The first-order chi connectivity index (χ1) is 18.1. The number of carbonyl (C=O) groups excluding carboxylic acids is 1. The number of urea groups is 1. The fourth-order valence-electron chi connectivity index (χ4n) is 4.09. The van der Waals surface area contributed by atoms with Crippen LogP contribution in [-0.2, 0) is 6.42 Å². The molecule has 2 amide bonds. The number of nitrogens with one attached hydrogen (secondary N) is 3. The Hall–Kier alpha value is -4.56. The number of halogens is 1. The zero-order valence-electron chi connectivity index (χ0n) is 19.9. The van der Waals surface area contributed by atoms with Crippen molar-refractivity contribution in [2.24, 2.45) is 0 Å². The largest absolute Gasteiger partial charge is 0.491 e. The van der Waals surface area contributed by atoms with Crippen LogP contribution in [0.25, 0.3) is 22.0 Å². The average Bonchev–Trinajstić information content (AvgIpc) is 3.30. The number of fused-ring (bicyclic) bond motifs is 1. The van der Waals surface area contributed by atoms with Crippen molar-refractivity contribution in [3.8, 4) is 16.9 Å². The van der Waals surface area contributed by atoms with E-state index < -0.39 is 0 Å². The van der Waals surface area contributed by atoms with E-state index in [2.05, 4.69) is 31.9 Å². The molecule has 0 unspecified atom stereocenters. The van der Waals surface area contributed by atoms with Gasteiger partial charge in [0.05, 0.1) is 12.0 Å². The van der Waals surface area contributed by atoms with Gasteiger partial charge in [0.2, 0.25) is 0 Å². The fourth-order valence-corrected chi connectivity index (χ4v) is 4.28. The van der Waals surface area contributed by atoms with E-state index in [1.165, 1.54) is 5.56 Å². The molecular formula is C28H25ClN6O2. The van der Waals surface area contributed by atoms with Crippen LogP contribution in [-0.4, -0.2) is 27.8 Å². The van der Waals surface area contributed by atoms with Crippen molar-refractivity contribution in [3.05, 3.63) is 95.8 Å². The number of hydrogen-bond donors (Lipinski definition) is 4. The number of aromatic amines is 1. The number of anilines is 3. The van der Waals surface area contributed by atoms with Crippen LogP contribution in [0.1, 0.15) is 12.0 Å². The number of nitrogens with two attached hydrogens (primary N) is 1. The van der Waals surface area contributed by atoms with E-state index in [-0.39, 0.29) is 6.03 Å². The number of nitrogen functional groups attached to an aromatic ring is 1. The van der Waals surface area contributed by atoms with Crippen LogP contribution >= 0.6 is 11.6 Å². The molecule has 0 spiro atoms. The zero-order chi connectivity index (χ0) is 25.6. The van der Waals surface area contributed by atoms with Crippen molar-refractivity contribution in [3.63, 3.8) is 0 Å². The number of nitrogens with zero attached hydrogens (tertiary/aromatic N) is 2. The number of benzene rings is 3. The summed E-state index contributed by atoms with van der Waals surface area (Å²) in [4.78, 5) is 16.5. The predicted octanol–water partition coefficient (Wildman–Crippen LogP) is 6.52. The van der Waals surface area contributed by atoms with Crippen molar-refractivity contribution in [2.45, 2.75) is 12.8 Å². The summed E-state index contributed by atoms with van der Waals surface area (Å²) >= 11 is 5.98. The van der Waals surface area contributed by atoms with Gasteiger partial charge in [0.1, 0.15) is 11.3 Å². The third-order valence-corrected chi connectivity index (χ3v) is 6.07. The maximum Gasteiger partial charge on any atom is 0.323 e. The number of rotatable bonds is 8. The lowest BCUT2D eigenvalue weighted by molar-refractivity contribution is 0.262. The van der Waals surface area contributed by atoms with E-state index in [1.807, 2.05) is 48.7 Å². The van der Waals surface area contributed by atoms with Crippen LogP contribution in [0.2, 0.25) is 5.02 Å². The minimum absolute atomic E-state index is 0.360. The van der Waals surface area contributed by atoms with Crippen molar-refractivity contribution in [1.29, 1.82) is 0 Å². The van der Waals surface area contributed by atoms with Crippen LogP contribution in [0, 0.1) is 0 Å². The molecule has 0 saturated heterocycles. The van der Waals surface area contributed by atoms with Gasteiger partial charge in [0.25, 0.3) is 0 Å². The Morgan fingerprint density at radius 3 is 2.62 bits per heavy atom. The molecule has 37 heavy (non-hydrogen) atoms. The van der Waals surface area contributed by atoms with E-state index in [1.54, 1.807) is 30.5 Å². The zero-order valence-corrected chi connectivity index (χ0v) is 20.6. The van der Waals surface area contributed by atoms with Crippen molar-refractivity contribution >= 4 is 45.7 Å². The van der Waals surface area contributed by atoms with Gasteiger partial charge in [-0.3, -0.25) is 10.1 Å². The standard InChI is InChI=1S/C28H25ClN6O2/c29-20-6-1-7-22(16-20)33-28(36)32-21-10-8-19(9-11-21)23-12-13-24(26-25(23)27(30)35-34-26)37-15-3-5-18-4-2-14-31-17-18/h1-2,4,6-14,16-17H,3,5,15H2,(H3,30,34,35)(H2,32,33,36). The molecule has 0 aliphatic carbocycles. The highest BCUT2D eigenvalue weighted by molar-refractivity contribution is 6.30. The lowest BCUT2D eigenvalue weighted by Crippen LogP contribution is -2.19. The minimum atomic E-state index is -0.360. The van der Waals surface area contributed by atoms with Gasteiger partial charge in [-0.15, -0.1) is 0 Å². The number of hydrogen-bond acceptors (Lipinski definition) is 5. The SMILES string of the molecule is Nc1n[nH]c2c(OCCCc3cccnc3)ccc(-c3ccc(NC(=O)Nc4cccc(Cl)c4)cc3)c12. The summed E-state index contributed by atoms with van der Waals surface area (Å²) in [5.41, 5.74) is 11.2. The Morgan fingerprint density at radius 2 is 1.84 bits per heavy atom.